The Hall–Kier alpha value is -1.88. The zero-order valence-electron chi connectivity index (χ0n) is 12.9. The Balaban J connectivity index is 2.12. The average Bonchev–Trinajstić information content (AvgIpc) is 2.48. The molecule has 5 nitrogen and oxygen atoms in total. The van der Waals surface area contributed by atoms with E-state index in [2.05, 4.69) is 5.32 Å². The SMILES string of the molecule is Cc1ccccc1CC(=O)N1CCNCC1C(=O)N(C)C. The molecular weight excluding hydrogens is 266 g/mol. The molecule has 1 N–H and O–H groups in total. The van der Waals surface area contributed by atoms with Crippen molar-refractivity contribution in [3.63, 3.8) is 0 Å². The largest absolute Gasteiger partial charge is 0.347 e. The number of likely N-dealkylation sites (N-methyl/N-ethyl adjacent to an activating group) is 1. The molecule has 1 aromatic rings. The van der Waals surface area contributed by atoms with Crippen molar-refractivity contribution in [2.24, 2.45) is 0 Å². The van der Waals surface area contributed by atoms with E-state index in [9.17, 15) is 9.59 Å². The molecule has 0 bridgehead atoms. The molecule has 2 rings (SSSR count). The van der Waals surface area contributed by atoms with E-state index in [-0.39, 0.29) is 11.8 Å². The van der Waals surface area contributed by atoms with Crippen LogP contribution in [0.5, 0.6) is 0 Å². The van der Waals surface area contributed by atoms with Gasteiger partial charge in [0.2, 0.25) is 11.8 Å². The van der Waals surface area contributed by atoms with E-state index in [1.54, 1.807) is 23.9 Å². The average molecular weight is 289 g/mol. The zero-order valence-corrected chi connectivity index (χ0v) is 12.9. The van der Waals surface area contributed by atoms with Gasteiger partial charge in [0.05, 0.1) is 6.42 Å². The molecule has 0 aliphatic carbocycles. The first-order chi connectivity index (χ1) is 10.0. The van der Waals surface area contributed by atoms with Gasteiger partial charge in [0.25, 0.3) is 0 Å². The van der Waals surface area contributed by atoms with Gasteiger partial charge in [0.15, 0.2) is 0 Å². The fourth-order valence-corrected chi connectivity index (χ4v) is 2.59. The van der Waals surface area contributed by atoms with Crippen LogP contribution in [0.2, 0.25) is 0 Å². The predicted octanol–water partition coefficient (Wildman–Crippen LogP) is 0.426. The predicted molar refractivity (Wildman–Crippen MR) is 81.9 cm³/mol. The van der Waals surface area contributed by atoms with Crippen LogP contribution in [0.1, 0.15) is 11.1 Å². The highest BCUT2D eigenvalue weighted by Gasteiger charge is 2.32. The Morgan fingerprint density at radius 1 is 1.33 bits per heavy atom. The van der Waals surface area contributed by atoms with Crippen molar-refractivity contribution in [2.45, 2.75) is 19.4 Å². The van der Waals surface area contributed by atoms with Gasteiger partial charge in [0.1, 0.15) is 6.04 Å². The second kappa shape index (κ2) is 6.72. The summed E-state index contributed by atoms with van der Waals surface area (Å²) in [6, 6.07) is 7.48. The van der Waals surface area contributed by atoms with Crippen LogP contribution in [0.3, 0.4) is 0 Å². The normalized spacial score (nSPS) is 18.4. The van der Waals surface area contributed by atoms with Crippen LogP contribution in [0.4, 0.5) is 0 Å². The smallest absolute Gasteiger partial charge is 0.246 e. The van der Waals surface area contributed by atoms with Crippen LogP contribution in [0.15, 0.2) is 24.3 Å². The van der Waals surface area contributed by atoms with E-state index in [1.165, 1.54) is 0 Å². The maximum Gasteiger partial charge on any atom is 0.246 e. The van der Waals surface area contributed by atoms with Gasteiger partial charge in [-0.25, -0.2) is 0 Å². The summed E-state index contributed by atoms with van der Waals surface area (Å²) in [5.41, 5.74) is 2.13. The van der Waals surface area contributed by atoms with E-state index in [0.717, 1.165) is 17.7 Å². The Bertz CT molecular complexity index is 528. The number of aryl methyl sites for hydroxylation is 1. The van der Waals surface area contributed by atoms with Crippen molar-refractivity contribution in [1.82, 2.24) is 15.1 Å². The Labute approximate surface area is 125 Å². The lowest BCUT2D eigenvalue weighted by Gasteiger charge is -2.36. The minimum absolute atomic E-state index is 0.0194. The lowest BCUT2D eigenvalue weighted by molar-refractivity contribution is -0.145. The number of hydrogen-bond acceptors (Lipinski definition) is 3. The van der Waals surface area contributed by atoms with Crippen LogP contribution in [0.25, 0.3) is 0 Å². The Kier molecular flexibility index (Phi) is 4.96. The highest BCUT2D eigenvalue weighted by molar-refractivity contribution is 5.88. The Morgan fingerprint density at radius 2 is 2.05 bits per heavy atom. The van der Waals surface area contributed by atoms with Gasteiger partial charge in [-0.15, -0.1) is 0 Å². The van der Waals surface area contributed by atoms with E-state index < -0.39 is 6.04 Å². The zero-order chi connectivity index (χ0) is 15.4. The number of carbonyl (C=O) groups excluding carboxylic acids is 2. The maximum absolute atomic E-state index is 12.6. The molecule has 1 aromatic carbocycles. The molecule has 1 heterocycles. The van der Waals surface area contributed by atoms with Crippen molar-refractivity contribution in [2.75, 3.05) is 33.7 Å². The van der Waals surface area contributed by atoms with Gasteiger partial charge in [0, 0.05) is 33.7 Å². The minimum atomic E-state index is -0.398. The summed E-state index contributed by atoms with van der Waals surface area (Å²) < 4.78 is 0. The molecule has 1 atom stereocenters. The van der Waals surface area contributed by atoms with Crippen molar-refractivity contribution in [3.05, 3.63) is 35.4 Å². The molecule has 0 aromatic heterocycles. The van der Waals surface area contributed by atoms with Crippen LogP contribution < -0.4 is 5.32 Å². The molecular formula is C16H23N3O2. The van der Waals surface area contributed by atoms with Gasteiger partial charge < -0.3 is 15.1 Å². The molecule has 5 heteroatoms. The summed E-state index contributed by atoms with van der Waals surface area (Å²) in [6.07, 6.45) is 0.351. The summed E-state index contributed by atoms with van der Waals surface area (Å²) >= 11 is 0. The number of nitrogens with zero attached hydrogens (tertiary/aromatic N) is 2. The number of carbonyl (C=O) groups is 2. The third kappa shape index (κ3) is 3.61. The summed E-state index contributed by atoms with van der Waals surface area (Å²) in [5, 5.41) is 3.19. The lowest BCUT2D eigenvalue weighted by Crippen LogP contribution is -2.59. The van der Waals surface area contributed by atoms with Crippen LogP contribution in [-0.4, -0.2) is 61.4 Å². The summed E-state index contributed by atoms with van der Waals surface area (Å²) in [6.45, 7) is 3.84. The number of amides is 2. The first-order valence-corrected chi connectivity index (χ1v) is 7.26. The molecule has 1 saturated heterocycles. The quantitative estimate of drug-likeness (QED) is 0.878. The van der Waals surface area contributed by atoms with Crippen LogP contribution in [0, 0.1) is 6.92 Å². The number of hydrogen-bond donors (Lipinski definition) is 1. The van der Waals surface area contributed by atoms with E-state index in [4.69, 9.17) is 0 Å². The van der Waals surface area contributed by atoms with Gasteiger partial charge in [-0.1, -0.05) is 24.3 Å². The topological polar surface area (TPSA) is 52.7 Å². The summed E-state index contributed by atoms with van der Waals surface area (Å²) in [4.78, 5) is 28.1. The summed E-state index contributed by atoms with van der Waals surface area (Å²) in [5.74, 6) is -0.00802. The maximum atomic E-state index is 12.6. The molecule has 2 amide bonds. The van der Waals surface area contributed by atoms with Gasteiger partial charge >= 0.3 is 0 Å². The van der Waals surface area contributed by atoms with Crippen molar-refractivity contribution < 1.29 is 9.59 Å². The molecule has 0 saturated carbocycles. The van der Waals surface area contributed by atoms with Crippen molar-refractivity contribution in [1.29, 1.82) is 0 Å². The molecule has 114 valence electrons. The van der Waals surface area contributed by atoms with E-state index in [1.807, 2.05) is 31.2 Å². The molecule has 1 fully saturated rings. The molecule has 1 aliphatic rings. The first kappa shape index (κ1) is 15.5. The number of piperazine rings is 1. The lowest BCUT2D eigenvalue weighted by atomic mass is 10.0. The van der Waals surface area contributed by atoms with Gasteiger partial charge in [-0.05, 0) is 18.1 Å². The number of benzene rings is 1. The molecule has 1 unspecified atom stereocenters. The standard InChI is InChI=1S/C16H23N3O2/c1-12-6-4-5-7-13(12)10-15(20)19-9-8-17-11-14(19)16(21)18(2)3/h4-7,14,17H,8-11H2,1-3H3. The minimum Gasteiger partial charge on any atom is -0.347 e. The van der Waals surface area contributed by atoms with Crippen molar-refractivity contribution in [3.8, 4) is 0 Å². The second-order valence-corrected chi connectivity index (χ2v) is 5.64. The monoisotopic (exact) mass is 289 g/mol. The fraction of sp³-hybridized carbons (Fsp3) is 0.500. The second-order valence-electron chi connectivity index (χ2n) is 5.64. The highest BCUT2D eigenvalue weighted by atomic mass is 16.2. The molecule has 1 aliphatic heterocycles. The molecule has 0 radical (unpaired) electrons. The first-order valence-electron chi connectivity index (χ1n) is 7.26. The third-order valence-corrected chi connectivity index (χ3v) is 3.89. The number of nitrogens with one attached hydrogen (secondary N) is 1. The van der Waals surface area contributed by atoms with Crippen molar-refractivity contribution >= 4 is 11.8 Å². The highest BCUT2D eigenvalue weighted by Crippen LogP contribution is 2.13. The summed E-state index contributed by atoms with van der Waals surface area (Å²) in [7, 11) is 3.45. The third-order valence-electron chi connectivity index (χ3n) is 3.89. The molecule has 21 heavy (non-hydrogen) atoms. The number of rotatable bonds is 3. The van der Waals surface area contributed by atoms with Crippen LogP contribution in [-0.2, 0) is 16.0 Å². The van der Waals surface area contributed by atoms with E-state index >= 15 is 0 Å². The van der Waals surface area contributed by atoms with Gasteiger partial charge in [-0.2, -0.15) is 0 Å². The van der Waals surface area contributed by atoms with Gasteiger partial charge in [-0.3, -0.25) is 9.59 Å². The Morgan fingerprint density at radius 3 is 2.71 bits per heavy atom. The van der Waals surface area contributed by atoms with Crippen LogP contribution >= 0.6 is 0 Å². The fourth-order valence-electron chi connectivity index (χ4n) is 2.59. The van der Waals surface area contributed by atoms with E-state index in [0.29, 0.717) is 19.5 Å². The molecule has 0 spiro atoms.